The SMILES string of the molecule is Cc1ccccc1Cn1cc(N)c(-c2ccc(F)cn2)n1. The highest BCUT2D eigenvalue weighted by molar-refractivity contribution is 5.68. The Morgan fingerprint density at radius 3 is 2.71 bits per heavy atom. The van der Waals surface area contributed by atoms with Gasteiger partial charge in [0.15, 0.2) is 0 Å². The van der Waals surface area contributed by atoms with Crippen LogP contribution in [0.5, 0.6) is 0 Å². The number of anilines is 1. The van der Waals surface area contributed by atoms with E-state index < -0.39 is 0 Å². The van der Waals surface area contributed by atoms with Crippen molar-refractivity contribution in [3.8, 4) is 11.4 Å². The van der Waals surface area contributed by atoms with Crippen LogP contribution in [0.3, 0.4) is 0 Å². The number of benzene rings is 1. The van der Waals surface area contributed by atoms with E-state index in [9.17, 15) is 4.39 Å². The van der Waals surface area contributed by atoms with Crippen LogP contribution in [0.15, 0.2) is 48.8 Å². The molecule has 0 saturated carbocycles. The van der Waals surface area contributed by atoms with Crippen LogP contribution in [-0.2, 0) is 6.54 Å². The Morgan fingerprint density at radius 2 is 2.00 bits per heavy atom. The minimum atomic E-state index is -0.378. The number of nitrogens with zero attached hydrogens (tertiary/aromatic N) is 3. The molecule has 0 fully saturated rings. The first-order valence-electron chi connectivity index (χ1n) is 6.63. The summed E-state index contributed by atoms with van der Waals surface area (Å²) in [6, 6.07) is 11.0. The second-order valence-electron chi connectivity index (χ2n) is 4.92. The molecule has 0 saturated heterocycles. The predicted octanol–water partition coefficient (Wildman–Crippen LogP) is 3.02. The van der Waals surface area contributed by atoms with Crippen molar-refractivity contribution >= 4 is 5.69 Å². The summed E-state index contributed by atoms with van der Waals surface area (Å²) in [5.74, 6) is -0.378. The number of aryl methyl sites for hydroxylation is 1. The lowest BCUT2D eigenvalue weighted by atomic mass is 10.1. The molecule has 0 unspecified atom stereocenters. The monoisotopic (exact) mass is 282 g/mol. The lowest BCUT2D eigenvalue weighted by molar-refractivity contribution is 0.621. The summed E-state index contributed by atoms with van der Waals surface area (Å²) in [5, 5.41) is 4.45. The molecule has 0 spiro atoms. The molecule has 3 rings (SSSR count). The average Bonchev–Trinajstić information content (AvgIpc) is 2.83. The van der Waals surface area contributed by atoms with E-state index in [1.807, 2.05) is 12.1 Å². The number of halogens is 1. The van der Waals surface area contributed by atoms with E-state index in [2.05, 4.69) is 29.1 Å². The van der Waals surface area contributed by atoms with E-state index in [4.69, 9.17) is 5.73 Å². The Hall–Kier alpha value is -2.69. The molecule has 0 amide bonds. The third-order valence-electron chi connectivity index (χ3n) is 3.35. The quantitative estimate of drug-likeness (QED) is 0.803. The minimum absolute atomic E-state index is 0.378. The number of rotatable bonds is 3. The van der Waals surface area contributed by atoms with Crippen molar-refractivity contribution in [1.29, 1.82) is 0 Å². The molecule has 0 atom stereocenters. The summed E-state index contributed by atoms with van der Waals surface area (Å²) in [6.45, 7) is 2.70. The second-order valence-corrected chi connectivity index (χ2v) is 4.92. The Kier molecular flexibility index (Phi) is 3.39. The third-order valence-corrected chi connectivity index (χ3v) is 3.35. The summed E-state index contributed by atoms with van der Waals surface area (Å²) in [5.41, 5.74) is 10.0. The van der Waals surface area contributed by atoms with E-state index >= 15 is 0 Å². The van der Waals surface area contributed by atoms with Gasteiger partial charge in [0, 0.05) is 6.20 Å². The molecule has 2 aromatic heterocycles. The molecular weight excluding hydrogens is 267 g/mol. The largest absolute Gasteiger partial charge is 0.396 e. The molecule has 2 heterocycles. The summed E-state index contributed by atoms with van der Waals surface area (Å²) in [4.78, 5) is 4.02. The lowest BCUT2D eigenvalue weighted by Crippen LogP contribution is -2.02. The molecule has 0 radical (unpaired) electrons. The Morgan fingerprint density at radius 1 is 1.19 bits per heavy atom. The number of hydrogen-bond donors (Lipinski definition) is 1. The van der Waals surface area contributed by atoms with Crippen molar-refractivity contribution in [3.05, 3.63) is 65.7 Å². The van der Waals surface area contributed by atoms with Crippen LogP contribution in [0, 0.1) is 12.7 Å². The van der Waals surface area contributed by atoms with Crippen LogP contribution in [0.1, 0.15) is 11.1 Å². The fraction of sp³-hybridized carbons (Fsp3) is 0.125. The van der Waals surface area contributed by atoms with E-state index in [-0.39, 0.29) is 5.82 Å². The highest BCUT2D eigenvalue weighted by Crippen LogP contribution is 2.22. The van der Waals surface area contributed by atoms with Crippen molar-refractivity contribution in [1.82, 2.24) is 14.8 Å². The van der Waals surface area contributed by atoms with Crippen molar-refractivity contribution in [2.45, 2.75) is 13.5 Å². The zero-order chi connectivity index (χ0) is 14.8. The minimum Gasteiger partial charge on any atom is -0.396 e. The van der Waals surface area contributed by atoms with E-state index in [0.29, 0.717) is 23.6 Å². The van der Waals surface area contributed by atoms with Crippen molar-refractivity contribution in [2.75, 3.05) is 5.73 Å². The summed E-state index contributed by atoms with van der Waals surface area (Å²) < 4.78 is 14.7. The van der Waals surface area contributed by atoms with Gasteiger partial charge in [-0.25, -0.2) is 4.39 Å². The summed E-state index contributed by atoms with van der Waals surface area (Å²) >= 11 is 0. The second kappa shape index (κ2) is 5.36. The van der Waals surface area contributed by atoms with Crippen LogP contribution >= 0.6 is 0 Å². The van der Waals surface area contributed by atoms with Gasteiger partial charge in [-0.2, -0.15) is 5.10 Å². The van der Waals surface area contributed by atoms with E-state index in [1.165, 1.54) is 17.2 Å². The molecule has 5 heteroatoms. The first-order chi connectivity index (χ1) is 10.1. The molecule has 0 aliphatic carbocycles. The lowest BCUT2D eigenvalue weighted by Gasteiger charge is -2.05. The summed E-state index contributed by atoms with van der Waals surface area (Å²) in [7, 11) is 0. The smallest absolute Gasteiger partial charge is 0.141 e. The maximum absolute atomic E-state index is 12.9. The van der Waals surface area contributed by atoms with Crippen molar-refractivity contribution in [3.63, 3.8) is 0 Å². The van der Waals surface area contributed by atoms with Gasteiger partial charge >= 0.3 is 0 Å². The van der Waals surface area contributed by atoms with Crippen molar-refractivity contribution < 1.29 is 4.39 Å². The third kappa shape index (κ3) is 2.76. The number of pyridine rings is 1. The molecular formula is C16H15FN4. The maximum Gasteiger partial charge on any atom is 0.141 e. The van der Waals surface area contributed by atoms with Gasteiger partial charge in [-0.15, -0.1) is 0 Å². The molecule has 0 bridgehead atoms. The predicted molar refractivity (Wildman–Crippen MR) is 80.1 cm³/mol. The highest BCUT2D eigenvalue weighted by Gasteiger charge is 2.10. The molecule has 1 aromatic carbocycles. The molecule has 21 heavy (non-hydrogen) atoms. The normalized spacial score (nSPS) is 10.8. The molecule has 3 aromatic rings. The summed E-state index contributed by atoms with van der Waals surface area (Å²) in [6.07, 6.45) is 2.93. The number of hydrogen-bond acceptors (Lipinski definition) is 3. The number of nitrogen functional groups attached to an aromatic ring is 1. The van der Waals surface area contributed by atoms with Crippen molar-refractivity contribution in [2.24, 2.45) is 0 Å². The van der Waals surface area contributed by atoms with Gasteiger partial charge in [0.2, 0.25) is 0 Å². The standard InChI is InChI=1S/C16H15FN4/c1-11-4-2-3-5-12(11)9-21-10-14(18)16(20-21)15-7-6-13(17)8-19-15/h2-8,10H,9,18H2,1H3. The van der Waals surface area contributed by atoms with Gasteiger partial charge < -0.3 is 5.73 Å². The molecule has 106 valence electrons. The van der Waals surface area contributed by atoms with Gasteiger partial charge in [-0.3, -0.25) is 9.67 Å². The van der Waals surface area contributed by atoms with Gasteiger partial charge in [-0.05, 0) is 30.2 Å². The van der Waals surface area contributed by atoms with Crippen LogP contribution in [0.25, 0.3) is 11.4 Å². The Balaban J connectivity index is 1.91. The van der Waals surface area contributed by atoms with Crippen LogP contribution in [0.2, 0.25) is 0 Å². The van der Waals surface area contributed by atoms with Gasteiger partial charge in [-0.1, -0.05) is 24.3 Å². The number of nitrogens with two attached hydrogens (primary N) is 1. The van der Waals surface area contributed by atoms with Gasteiger partial charge in [0.1, 0.15) is 11.5 Å². The molecule has 4 nitrogen and oxygen atoms in total. The zero-order valence-electron chi connectivity index (χ0n) is 11.6. The Bertz CT molecular complexity index is 762. The Labute approximate surface area is 122 Å². The topological polar surface area (TPSA) is 56.7 Å². The van der Waals surface area contributed by atoms with Crippen LogP contribution in [0.4, 0.5) is 10.1 Å². The van der Waals surface area contributed by atoms with E-state index in [1.54, 1.807) is 16.9 Å². The number of aromatic nitrogens is 3. The first kappa shape index (κ1) is 13.3. The first-order valence-corrected chi connectivity index (χ1v) is 6.63. The fourth-order valence-electron chi connectivity index (χ4n) is 2.19. The van der Waals surface area contributed by atoms with Crippen LogP contribution in [-0.4, -0.2) is 14.8 Å². The molecule has 0 aliphatic rings. The average molecular weight is 282 g/mol. The molecule has 2 N–H and O–H groups in total. The maximum atomic E-state index is 12.9. The zero-order valence-corrected chi connectivity index (χ0v) is 11.6. The highest BCUT2D eigenvalue weighted by atomic mass is 19.1. The van der Waals surface area contributed by atoms with Crippen LogP contribution < -0.4 is 5.73 Å². The molecule has 0 aliphatic heterocycles. The van der Waals surface area contributed by atoms with Gasteiger partial charge in [0.05, 0.1) is 24.1 Å². The van der Waals surface area contributed by atoms with E-state index in [0.717, 1.165) is 6.20 Å². The van der Waals surface area contributed by atoms with Gasteiger partial charge in [0.25, 0.3) is 0 Å². The fourth-order valence-corrected chi connectivity index (χ4v) is 2.19.